The van der Waals surface area contributed by atoms with E-state index in [1.165, 1.54) is 12.1 Å². The van der Waals surface area contributed by atoms with Crippen LogP contribution in [0.25, 0.3) is 0 Å². The minimum absolute atomic E-state index is 0.0401. The largest absolute Gasteiger partial charge is 0.400 e. The molecule has 9 heteroatoms. The number of aryl methyl sites for hydroxylation is 1. The Morgan fingerprint density at radius 1 is 1.21 bits per heavy atom. The molecule has 0 saturated carbocycles. The summed E-state index contributed by atoms with van der Waals surface area (Å²) < 4.78 is 24.4. The van der Waals surface area contributed by atoms with Crippen molar-refractivity contribution in [2.45, 2.75) is 59.2 Å². The van der Waals surface area contributed by atoms with Gasteiger partial charge in [0.15, 0.2) is 0 Å². The normalized spacial score (nSPS) is 16.5. The number of aliphatic hydroxyl groups excluding tert-OH is 3. The van der Waals surface area contributed by atoms with Crippen LogP contribution in [0.15, 0.2) is 54.2 Å². The van der Waals surface area contributed by atoms with E-state index in [-0.39, 0.29) is 12.0 Å². The molecule has 0 radical (unpaired) electrons. The summed E-state index contributed by atoms with van der Waals surface area (Å²) in [5, 5.41) is 29.9. The molecule has 0 aromatic heterocycles. The molecule has 1 aromatic rings. The van der Waals surface area contributed by atoms with Gasteiger partial charge in [-0.2, -0.15) is 0 Å². The van der Waals surface area contributed by atoms with E-state index in [0.717, 1.165) is 57.6 Å². The van der Waals surface area contributed by atoms with Gasteiger partial charge in [-0.3, -0.25) is 9.69 Å². The standard InChI is InChI=1S/C22H39N3O3.C7H6F2.CH4O/c1-5-11-25(12-6-2)22(28)19(14-18(4)7-3)8-10-23-15-21(27)17-24-13-9-20(26)16-24;1-5-2-6(8)4-7(9)3-5;1-2/h7-8,14,20-21,23,26-27H,3,5-6,9-13,15-17H2,1-2,4H3;2-4H,1H3;2H,1H3/b18-14-,19-8+;;. The Bertz CT molecular complexity index is 852. The molecule has 1 fully saturated rings. The van der Waals surface area contributed by atoms with Crippen molar-refractivity contribution in [2.24, 2.45) is 0 Å². The van der Waals surface area contributed by atoms with E-state index in [1.54, 1.807) is 13.0 Å². The quantitative estimate of drug-likeness (QED) is 0.169. The van der Waals surface area contributed by atoms with Crippen LogP contribution in [-0.4, -0.2) is 96.2 Å². The number of aliphatic hydroxyl groups is 3. The highest BCUT2D eigenvalue weighted by Gasteiger charge is 2.22. The fraction of sp³-hybridized carbons (Fsp3) is 0.567. The number of nitrogens with zero attached hydrogens (tertiary/aromatic N) is 2. The van der Waals surface area contributed by atoms with Gasteiger partial charge in [0, 0.05) is 64.6 Å². The first kappa shape index (κ1) is 36.6. The zero-order valence-corrected chi connectivity index (χ0v) is 24.3. The number of β-amino-alcohol motifs (C(OH)–C–C–N with tert-alkyl or cyclic N) is 2. The molecule has 1 heterocycles. The van der Waals surface area contributed by atoms with Crippen molar-refractivity contribution in [2.75, 3.05) is 52.9 Å². The lowest BCUT2D eigenvalue weighted by Gasteiger charge is -2.22. The van der Waals surface area contributed by atoms with Crippen molar-refractivity contribution >= 4 is 5.91 Å². The average Bonchev–Trinajstić information content (AvgIpc) is 3.30. The van der Waals surface area contributed by atoms with E-state index in [9.17, 15) is 23.8 Å². The highest BCUT2D eigenvalue weighted by atomic mass is 19.1. The molecule has 7 nitrogen and oxygen atoms in total. The molecule has 1 aromatic carbocycles. The summed E-state index contributed by atoms with van der Waals surface area (Å²) >= 11 is 0. The summed E-state index contributed by atoms with van der Waals surface area (Å²) in [5.74, 6) is -1.00. The SMILES string of the molecule is C=C/C(C)=C\C(=C/CNCC(O)CN1CCC(O)C1)C(=O)N(CCC)CCC.CO.Cc1cc(F)cc(F)c1. The van der Waals surface area contributed by atoms with Gasteiger partial charge in [-0.25, -0.2) is 8.78 Å². The molecule has 2 rings (SSSR count). The van der Waals surface area contributed by atoms with Crippen LogP contribution in [0.4, 0.5) is 8.78 Å². The summed E-state index contributed by atoms with van der Waals surface area (Å²) in [6, 6.07) is 3.42. The highest BCUT2D eigenvalue weighted by molar-refractivity contribution is 5.96. The highest BCUT2D eigenvalue weighted by Crippen LogP contribution is 2.11. The minimum Gasteiger partial charge on any atom is -0.400 e. The second kappa shape index (κ2) is 21.4. The van der Waals surface area contributed by atoms with Crippen LogP contribution in [0.1, 0.15) is 45.6 Å². The minimum atomic E-state index is -0.521. The van der Waals surface area contributed by atoms with Crippen molar-refractivity contribution in [1.29, 1.82) is 0 Å². The number of nitrogens with one attached hydrogen (secondary N) is 1. The molecule has 1 aliphatic heterocycles. The summed E-state index contributed by atoms with van der Waals surface area (Å²) in [7, 11) is 1.00. The van der Waals surface area contributed by atoms with Gasteiger partial charge in [-0.05, 0) is 56.9 Å². The first-order chi connectivity index (χ1) is 18.6. The Morgan fingerprint density at radius 3 is 2.26 bits per heavy atom. The monoisotopic (exact) mass is 553 g/mol. The van der Waals surface area contributed by atoms with Gasteiger partial charge < -0.3 is 25.5 Å². The third-order valence-electron chi connectivity index (χ3n) is 5.80. The number of allylic oxidation sites excluding steroid dienone is 2. The van der Waals surface area contributed by atoms with E-state index in [2.05, 4.69) is 30.6 Å². The van der Waals surface area contributed by atoms with Crippen LogP contribution in [0.3, 0.4) is 0 Å². The Balaban J connectivity index is 0.00000109. The molecule has 39 heavy (non-hydrogen) atoms. The Kier molecular flexibility index (Phi) is 20.1. The second-order valence-electron chi connectivity index (χ2n) is 9.51. The number of likely N-dealkylation sites (tertiary alicyclic amines) is 1. The van der Waals surface area contributed by atoms with Gasteiger partial charge in [0.2, 0.25) is 0 Å². The molecule has 0 spiro atoms. The molecule has 0 aliphatic carbocycles. The molecule has 222 valence electrons. The van der Waals surface area contributed by atoms with Crippen LogP contribution in [0.2, 0.25) is 0 Å². The van der Waals surface area contributed by atoms with E-state index >= 15 is 0 Å². The predicted octanol–water partition coefficient (Wildman–Crippen LogP) is 3.59. The fourth-order valence-electron chi connectivity index (χ4n) is 4.01. The second-order valence-corrected chi connectivity index (χ2v) is 9.51. The number of hydrogen-bond donors (Lipinski definition) is 4. The van der Waals surface area contributed by atoms with Crippen molar-refractivity contribution in [3.05, 3.63) is 71.4 Å². The van der Waals surface area contributed by atoms with Crippen LogP contribution in [-0.2, 0) is 4.79 Å². The van der Waals surface area contributed by atoms with E-state index < -0.39 is 17.7 Å². The molecular formula is C30H49F2N3O4. The maximum absolute atomic E-state index is 12.9. The average molecular weight is 554 g/mol. The number of amides is 1. The smallest absolute Gasteiger partial charge is 0.253 e. The molecule has 1 amide bonds. The van der Waals surface area contributed by atoms with Crippen molar-refractivity contribution in [3.63, 3.8) is 0 Å². The van der Waals surface area contributed by atoms with E-state index in [4.69, 9.17) is 5.11 Å². The Hall–Kier alpha value is -2.43. The first-order valence-corrected chi connectivity index (χ1v) is 13.6. The van der Waals surface area contributed by atoms with Crippen LogP contribution in [0.5, 0.6) is 0 Å². The first-order valence-electron chi connectivity index (χ1n) is 13.6. The number of carbonyl (C=O) groups excluding carboxylic acids is 1. The summed E-state index contributed by atoms with van der Waals surface area (Å²) in [4.78, 5) is 16.9. The van der Waals surface area contributed by atoms with Crippen LogP contribution < -0.4 is 5.32 Å². The predicted molar refractivity (Wildman–Crippen MR) is 154 cm³/mol. The topological polar surface area (TPSA) is 96.3 Å². The number of halogens is 2. The third kappa shape index (κ3) is 16.3. The molecule has 2 unspecified atom stereocenters. The van der Waals surface area contributed by atoms with Gasteiger partial charge in [-0.15, -0.1) is 0 Å². The van der Waals surface area contributed by atoms with E-state index in [0.29, 0.717) is 37.3 Å². The Morgan fingerprint density at radius 2 is 1.79 bits per heavy atom. The van der Waals surface area contributed by atoms with Gasteiger partial charge in [-0.1, -0.05) is 38.2 Å². The fourth-order valence-corrected chi connectivity index (χ4v) is 4.01. The third-order valence-corrected chi connectivity index (χ3v) is 5.80. The van der Waals surface area contributed by atoms with Crippen LogP contribution >= 0.6 is 0 Å². The number of hydrogen-bond acceptors (Lipinski definition) is 6. The zero-order valence-electron chi connectivity index (χ0n) is 24.3. The van der Waals surface area contributed by atoms with Crippen molar-refractivity contribution in [3.8, 4) is 0 Å². The van der Waals surface area contributed by atoms with Gasteiger partial charge in [0.1, 0.15) is 11.6 Å². The molecule has 1 saturated heterocycles. The molecular weight excluding hydrogens is 504 g/mol. The van der Waals surface area contributed by atoms with Gasteiger partial charge in [0.25, 0.3) is 5.91 Å². The van der Waals surface area contributed by atoms with Crippen molar-refractivity contribution < 1.29 is 28.9 Å². The number of benzene rings is 1. The zero-order chi connectivity index (χ0) is 29.8. The lowest BCUT2D eigenvalue weighted by atomic mass is 10.1. The Labute approximate surface area is 233 Å². The van der Waals surface area contributed by atoms with Gasteiger partial charge >= 0.3 is 0 Å². The molecule has 4 N–H and O–H groups in total. The maximum atomic E-state index is 12.9. The van der Waals surface area contributed by atoms with E-state index in [1.807, 2.05) is 24.0 Å². The molecule has 2 atom stereocenters. The summed E-state index contributed by atoms with van der Waals surface area (Å²) in [6.07, 6.45) is 7.36. The maximum Gasteiger partial charge on any atom is 0.253 e. The number of carbonyl (C=O) groups is 1. The lowest BCUT2D eigenvalue weighted by Crippen LogP contribution is -2.38. The summed E-state index contributed by atoms with van der Waals surface area (Å²) in [5.41, 5.74) is 2.21. The summed E-state index contributed by atoms with van der Waals surface area (Å²) in [6.45, 7) is 16.0. The molecule has 0 bridgehead atoms. The van der Waals surface area contributed by atoms with Crippen LogP contribution in [0, 0.1) is 18.6 Å². The van der Waals surface area contributed by atoms with Crippen molar-refractivity contribution in [1.82, 2.24) is 15.1 Å². The number of rotatable bonds is 13. The van der Waals surface area contributed by atoms with Gasteiger partial charge in [0.05, 0.1) is 12.2 Å². The lowest BCUT2D eigenvalue weighted by molar-refractivity contribution is -0.126. The molecule has 1 aliphatic rings.